The summed E-state index contributed by atoms with van der Waals surface area (Å²) in [6.07, 6.45) is 13.8. The number of benzene rings is 1. The van der Waals surface area contributed by atoms with Crippen LogP contribution in [-0.2, 0) is 6.42 Å². The highest BCUT2D eigenvalue weighted by Gasteiger charge is 2.29. The van der Waals surface area contributed by atoms with Gasteiger partial charge in [-0.05, 0) is 86.8 Å². The van der Waals surface area contributed by atoms with Crippen molar-refractivity contribution in [1.82, 2.24) is 0 Å². The maximum atomic E-state index is 8.85. The number of nitriles is 1. The van der Waals surface area contributed by atoms with Crippen LogP contribution in [0.1, 0.15) is 68.9 Å². The largest absolute Gasteiger partial charge is 0.192 e. The normalized spacial score (nSPS) is 31.5. The van der Waals surface area contributed by atoms with E-state index in [9.17, 15) is 0 Å². The second-order valence-electron chi connectivity index (χ2n) is 7.70. The van der Waals surface area contributed by atoms with Crippen molar-refractivity contribution in [3.63, 3.8) is 0 Å². The fourth-order valence-corrected chi connectivity index (χ4v) is 4.94. The first-order valence-electron chi connectivity index (χ1n) is 9.41. The average Bonchev–Trinajstić information content (AvgIpc) is 2.61. The fourth-order valence-electron chi connectivity index (χ4n) is 4.64. The molecule has 0 saturated heterocycles. The lowest BCUT2D eigenvalue weighted by Crippen LogP contribution is -2.26. The first kappa shape index (κ1) is 16.9. The maximum Gasteiger partial charge on any atom is 0.0991 e. The lowest BCUT2D eigenvalue weighted by Gasteiger charge is -2.37. The third-order valence-corrected chi connectivity index (χ3v) is 6.74. The van der Waals surface area contributed by atoms with Gasteiger partial charge in [0.2, 0.25) is 0 Å². The Morgan fingerprint density at radius 2 is 1.43 bits per heavy atom. The van der Waals surface area contributed by atoms with E-state index in [-0.39, 0.29) is 0 Å². The third kappa shape index (κ3) is 4.77. The van der Waals surface area contributed by atoms with Crippen molar-refractivity contribution in [3.05, 3.63) is 35.4 Å². The molecule has 0 unspecified atom stereocenters. The van der Waals surface area contributed by atoms with E-state index in [1.807, 2.05) is 12.1 Å². The monoisotopic (exact) mass is 327 g/mol. The van der Waals surface area contributed by atoms with Gasteiger partial charge in [-0.25, -0.2) is 0 Å². The summed E-state index contributed by atoms with van der Waals surface area (Å²) in [5.74, 6) is 2.92. The molecule has 0 heterocycles. The molecule has 124 valence electrons. The summed E-state index contributed by atoms with van der Waals surface area (Å²) < 4.78 is 0. The van der Waals surface area contributed by atoms with Crippen molar-refractivity contribution in [1.29, 1.82) is 5.26 Å². The molecular formula is C21H29NS. The van der Waals surface area contributed by atoms with Crippen molar-refractivity contribution < 1.29 is 0 Å². The van der Waals surface area contributed by atoms with E-state index in [1.165, 1.54) is 69.8 Å². The summed E-state index contributed by atoms with van der Waals surface area (Å²) in [5.41, 5.74) is 2.16. The Balaban J connectivity index is 1.39. The fraction of sp³-hybridized carbons (Fsp3) is 0.667. The summed E-state index contributed by atoms with van der Waals surface area (Å²) in [6, 6.07) is 10.3. The van der Waals surface area contributed by atoms with Gasteiger partial charge in [-0.15, -0.1) is 0 Å². The molecule has 0 radical (unpaired) electrons. The summed E-state index contributed by atoms with van der Waals surface area (Å²) >= 11 is 4.64. The molecule has 2 aliphatic carbocycles. The quantitative estimate of drug-likeness (QED) is 0.696. The molecule has 0 amide bonds. The molecule has 1 aromatic rings. The highest BCUT2D eigenvalue weighted by molar-refractivity contribution is 7.80. The molecule has 0 aliphatic heterocycles. The van der Waals surface area contributed by atoms with Gasteiger partial charge in [-0.2, -0.15) is 17.9 Å². The molecule has 23 heavy (non-hydrogen) atoms. The molecule has 0 atom stereocenters. The van der Waals surface area contributed by atoms with Crippen LogP contribution in [0.3, 0.4) is 0 Å². The van der Waals surface area contributed by atoms with Crippen LogP contribution in [0.5, 0.6) is 0 Å². The maximum absolute atomic E-state index is 8.85. The lowest BCUT2D eigenvalue weighted by molar-refractivity contribution is 0.165. The smallest absolute Gasteiger partial charge is 0.0991 e. The number of nitrogens with zero attached hydrogens (tertiary/aromatic N) is 1. The second-order valence-corrected chi connectivity index (χ2v) is 8.43. The van der Waals surface area contributed by atoms with Gasteiger partial charge in [0.15, 0.2) is 0 Å². The van der Waals surface area contributed by atoms with Crippen molar-refractivity contribution in [2.75, 3.05) is 0 Å². The topological polar surface area (TPSA) is 23.8 Å². The Morgan fingerprint density at radius 3 is 2.00 bits per heavy atom. The first-order chi connectivity index (χ1) is 11.2. The predicted octanol–water partition coefficient (Wildman–Crippen LogP) is 5.79. The molecular weight excluding hydrogens is 298 g/mol. The summed E-state index contributed by atoms with van der Waals surface area (Å²) in [4.78, 5) is 0. The molecule has 2 heteroatoms. The van der Waals surface area contributed by atoms with Crippen molar-refractivity contribution in [2.24, 2.45) is 17.8 Å². The zero-order chi connectivity index (χ0) is 16.1. The minimum Gasteiger partial charge on any atom is -0.192 e. The van der Waals surface area contributed by atoms with E-state index in [0.29, 0.717) is 5.25 Å². The van der Waals surface area contributed by atoms with Crippen LogP contribution in [-0.4, -0.2) is 5.25 Å². The zero-order valence-electron chi connectivity index (χ0n) is 14.1. The Kier molecular flexibility index (Phi) is 6.06. The number of rotatable bonds is 4. The van der Waals surface area contributed by atoms with Crippen LogP contribution >= 0.6 is 12.6 Å². The SMILES string of the molecule is N#Cc1ccc(CCC2CCC(C3CCC(S)CC3)CC2)cc1. The first-order valence-corrected chi connectivity index (χ1v) is 9.93. The molecule has 2 saturated carbocycles. The summed E-state index contributed by atoms with van der Waals surface area (Å²) in [5, 5.41) is 9.53. The van der Waals surface area contributed by atoms with Gasteiger partial charge in [-0.1, -0.05) is 25.0 Å². The second kappa shape index (κ2) is 8.25. The molecule has 1 aromatic carbocycles. The van der Waals surface area contributed by atoms with Crippen LogP contribution < -0.4 is 0 Å². The van der Waals surface area contributed by atoms with Gasteiger partial charge < -0.3 is 0 Å². The minimum atomic E-state index is 0.676. The van der Waals surface area contributed by atoms with Crippen LogP contribution in [0, 0.1) is 29.1 Å². The highest BCUT2D eigenvalue weighted by atomic mass is 32.1. The van der Waals surface area contributed by atoms with Gasteiger partial charge in [0, 0.05) is 5.25 Å². The Bertz CT molecular complexity index is 514. The van der Waals surface area contributed by atoms with E-state index in [2.05, 4.69) is 30.8 Å². The van der Waals surface area contributed by atoms with Crippen LogP contribution in [0.2, 0.25) is 0 Å². The average molecular weight is 328 g/mol. The van der Waals surface area contributed by atoms with Crippen LogP contribution in [0.25, 0.3) is 0 Å². The number of hydrogen-bond donors (Lipinski definition) is 1. The standard InChI is InChI=1S/C21H29NS/c22-15-18-5-3-16(4-6-18)1-2-17-7-9-19(10-8-17)20-11-13-21(23)14-12-20/h3-6,17,19-21,23H,1-2,7-14H2. The van der Waals surface area contributed by atoms with Gasteiger partial charge in [0.25, 0.3) is 0 Å². The van der Waals surface area contributed by atoms with Crippen molar-refractivity contribution in [3.8, 4) is 6.07 Å². The predicted molar refractivity (Wildman–Crippen MR) is 99.7 cm³/mol. The van der Waals surface area contributed by atoms with Gasteiger partial charge in [-0.3, -0.25) is 0 Å². The minimum absolute atomic E-state index is 0.676. The van der Waals surface area contributed by atoms with E-state index in [1.54, 1.807) is 0 Å². The number of thiol groups is 1. The molecule has 0 bridgehead atoms. The van der Waals surface area contributed by atoms with E-state index in [0.717, 1.165) is 23.3 Å². The molecule has 3 rings (SSSR count). The van der Waals surface area contributed by atoms with Gasteiger partial charge >= 0.3 is 0 Å². The molecule has 0 N–H and O–H groups in total. The van der Waals surface area contributed by atoms with E-state index in [4.69, 9.17) is 5.26 Å². The Morgan fingerprint density at radius 1 is 0.870 bits per heavy atom. The summed E-state index contributed by atoms with van der Waals surface area (Å²) in [6.45, 7) is 0. The van der Waals surface area contributed by atoms with Gasteiger partial charge in [0.1, 0.15) is 0 Å². The Labute approximate surface area is 146 Å². The lowest BCUT2D eigenvalue weighted by atomic mass is 9.70. The van der Waals surface area contributed by atoms with Gasteiger partial charge in [0.05, 0.1) is 11.6 Å². The van der Waals surface area contributed by atoms with Crippen LogP contribution in [0.4, 0.5) is 0 Å². The molecule has 1 nitrogen and oxygen atoms in total. The van der Waals surface area contributed by atoms with E-state index < -0.39 is 0 Å². The Hall–Kier alpha value is -0.940. The molecule has 2 fully saturated rings. The number of aryl methyl sites for hydroxylation is 1. The molecule has 0 spiro atoms. The zero-order valence-corrected chi connectivity index (χ0v) is 15.0. The highest BCUT2D eigenvalue weighted by Crippen LogP contribution is 2.41. The van der Waals surface area contributed by atoms with Crippen molar-refractivity contribution in [2.45, 2.75) is 69.5 Å². The van der Waals surface area contributed by atoms with E-state index >= 15 is 0 Å². The third-order valence-electron chi connectivity index (χ3n) is 6.22. The molecule has 0 aromatic heterocycles. The van der Waals surface area contributed by atoms with Crippen molar-refractivity contribution >= 4 is 12.6 Å². The summed E-state index contributed by atoms with van der Waals surface area (Å²) in [7, 11) is 0. The van der Waals surface area contributed by atoms with Crippen LogP contribution in [0.15, 0.2) is 24.3 Å². The number of hydrogen-bond acceptors (Lipinski definition) is 2. The molecule has 2 aliphatic rings.